The van der Waals surface area contributed by atoms with Crippen LogP contribution in [0.2, 0.25) is 0 Å². The van der Waals surface area contributed by atoms with Gasteiger partial charge in [-0.2, -0.15) is 0 Å². The predicted molar refractivity (Wildman–Crippen MR) is 73.3 cm³/mol. The summed E-state index contributed by atoms with van der Waals surface area (Å²) < 4.78 is 10.8. The topological polar surface area (TPSA) is 47.6 Å². The fraction of sp³-hybridized carbons (Fsp3) is 0.533. The molecule has 0 aromatic heterocycles. The van der Waals surface area contributed by atoms with Gasteiger partial charge < -0.3 is 14.8 Å². The van der Waals surface area contributed by atoms with E-state index in [0.29, 0.717) is 0 Å². The summed E-state index contributed by atoms with van der Waals surface area (Å²) in [7, 11) is 1.41. The van der Waals surface area contributed by atoms with Crippen LogP contribution in [0, 0.1) is 0 Å². The monoisotopic (exact) mass is 263 g/mol. The molecule has 104 valence electrons. The molecule has 2 rings (SSSR count). The highest BCUT2D eigenvalue weighted by Crippen LogP contribution is 2.22. The highest BCUT2D eigenvalue weighted by atomic mass is 16.5. The van der Waals surface area contributed by atoms with Crippen molar-refractivity contribution in [2.45, 2.75) is 31.8 Å². The van der Waals surface area contributed by atoms with Gasteiger partial charge in [0.2, 0.25) is 0 Å². The van der Waals surface area contributed by atoms with Crippen molar-refractivity contribution in [1.29, 1.82) is 0 Å². The summed E-state index contributed by atoms with van der Waals surface area (Å²) in [4.78, 5) is 11.4. The third-order valence-corrected chi connectivity index (χ3v) is 3.35. The van der Waals surface area contributed by atoms with E-state index in [1.807, 2.05) is 24.3 Å². The van der Waals surface area contributed by atoms with E-state index in [0.717, 1.165) is 43.7 Å². The highest BCUT2D eigenvalue weighted by Gasteiger charge is 2.16. The minimum atomic E-state index is -0.237. The molecular formula is C15H21NO3. The molecular weight excluding hydrogens is 242 g/mol. The zero-order valence-electron chi connectivity index (χ0n) is 11.4. The number of hydrogen-bond donors (Lipinski definition) is 1. The predicted octanol–water partition coefficient (Wildman–Crippen LogP) is 1.92. The summed E-state index contributed by atoms with van der Waals surface area (Å²) in [6, 6.07) is 7.70. The minimum absolute atomic E-state index is 0.230. The molecule has 4 heteroatoms. The summed E-state index contributed by atoms with van der Waals surface area (Å²) in [6.45, 7) is 2.05. The van der Waals surface area contributed by atoms with Crippen LogP contribution in [0.3, 0.4) is 0 Å². The average Bonchev–Trinajstić information content (AvgIpc) is 2.69. The number of carbonyl (C=O) groups excluding carboxylic acids is 1. The van der Waals surface area contributed by atoms with Crippen molar-refractivity contribution in [3.63, 3.8) is 0 Å². The van der Waals surface area contributed by atoms with E-state index < -0.39 is 0 Å². The Bertz CT molecular complexity index is 412. The molecule has 0 radical (unpaired) electrons. The SMILES string of the molecule is COC(=O)Cc1ccccc1OC1CCCNCC1. The molecule has 1 aliphatic rings. The van der Waals surface area contributed by atoms with E-state index in [4.69, 9.17) is 9.47 Å². The van der Waals surface area contributed by atoms with Crippen LogP contribution < -0.4 is 10.1 Å². The number of carbonyl (C=O) groups is 1. The molecule has 1 saturated heterocycles. The third kappa shape index (κ3) is 4.24. The Morgan fingerprint density at radius 2 is 2.16 bits per heavy atom. The first-order chi connectivity index (χ1) is 9.29. The second kappa shape index (κ2) is 7.14. The maximum Gasteiger partial charge on any atom is 0.310 e. The Balaban J connectivity index is 2.03. The van der Waals surface area contributed by atoms with E-state index in [2.05, 4.69) is 5.32 Å². The minimum Gasteiger partial charge on any atom is -0.490 e. The molecule has 1 fully saturated rings. The maximum absolute atomic E-state index is 11.4. The van der Waals surface area contributed by atoms with Gasteiger partial charge >= 0.3 is 5.97 Å². The van der Waals surface area contributed by atoms with E-state index in [-0.39, 0.29) is 18.5 Å². The summed E-state index contributed by atoms with van der Waals surface area (Å²) >= 11 is 0. The van der Waals surface area contributed by atoms with Gasteiger partial charge in [0, 0.05) is 5.56 Å². The van der Waals surface area contributed by atoms with Crippen LogP contribution in [-0.4, -0.2) is 32.3 Å². The van der Waals surface area contributed by atoms with Crippen LogP contribution in [-0.2, 0) is 16.0 Å². The average molecular weight is 263 g/mol. The first kappa shape index (κ1) is 13.9. The van der Waals surface area contributed by atoms with E-state index in [9.17, 15) is 4.79 Å². The molecule has 4 nitrogen and oxygen atoms in total. The first-order valence-corrected chi connectivity index (χ1v) is 6.81. The number of methoxy groups -OCH3 is 1. The molecule has 0 aliphatic carbocycles. The first-order valence-electron chi connectivity index (χ1n) is 6.81. The fourth-order valence-corrected chi connectivity index (χ4v) is 2.28. The molecule has 1 aromatic carbocycles. The van der Waals surface area contributed by atoms with Crippen molar-refractivity contribution in [1.82, 2.24) is 5.32 Å². The largest absolute Gasteiger partial charge is 0.490 e. The van der Waals surface area contributed by atoms with Crippen LogP contribution in [0.25, 0.3) is 0 Å². The van der Waals surface area contributed by atoms with E-state index in [1.54, 1.807) is 0 Å². The zero-order chi connectivity index (χ0) is 13.5. The van der Waals surface area contributed by atoms with Gasteiger partial charge in [-0.1, -0.05) is 18.2 Å². The summed E-state index contributed by atoms with van der Waals surface area (Å²) in [5.41, 5.74) is 0.895. The van der Waals surface area contributed by atoms with Crippen LogP contribution in [0.4, 0.5) is 0 Å². The Kier molecular flexibility index (Phi) is 5.21. The fourth-order valence-electron chi connectivity index (χ4n) is 2.28. The highest BCUT2D eigenvalue weighted by molar-refractivity contribution is 5.73. The van der Waals surface area contributed by atoms with Crippen molar-refractivity contribution in [2.24, 2.45) is 0 Å². The Morgan fingerprint density at radius 3 is 3.00 bits per heavy atom. The van der Waals surface area contributed by atoms with Crippen molar-refractivity contribution in [2.75, 3.05) is 20.2 Å². The molecule has 0 amide bonds. The number of rotatable bonds is 4. The molecule has 0 saturated carbocycles. The summed E-state index contributed by atoms with van der Waals surface area (Å²) in [5.74, 6) is 0.568. The third-order valence-electron chi connectivity index (χ3n) is 3.35. The molecule has 1 aliphatic heterocycles. The van der Waals surface area contributed by atoms with Crippen molar-refractivity contribution >= 4 is 5.97 Å². The lowest BCUT2D eigenvalue weighted by Gasteiger charge is -2.19. The lowest BCUT2D eigenvalue weighted by Crippen LogP contribution is -2.20. The van der Waals surface area contributed by atoms with Gasteiger partial charge in [-0.3, -0.25) is 4.79 Å². The van der Waals surface area contributed by atoms with Crippen molar-refractivity contribution < 1.29 is 14.3 Å². The number of ether oxygens (including phenoxy) is 2. The summed E-state index contributed by atoms with van der Waals surface area (Å²) in [5, 5.41) is 3.36. The van der Waals surface area contributed by atoms with Gasteiger partial charge in [-0.05, 0) is 38.4 Å². The molecule has 1 N–H and O–H groups in total. The Labute approximate surface area is 114 Å². The van der Waals surface area contributed by atoms with E-state index >= 15 is 0 Å². The quantitative estimate of drug-likeness (QED) is 0.843. The molecule has 1 heterocycles. The van der Waals surface area contributed by atoms with Gasteiger partial charge in [0.05, 0.1) is 19.6 Å². The van der Waals surface area contributed by atoms with Gasteiger partial charge in [0.15, 0.2) is 0 Å². The Morgan fingerprint density at radius 1 is 1.32 bits per heavy atom. The van der Waals surface area contributed by atoms with Gasteiger partial charge in [-0.25, -0.2) is 0 Å². The molecule has 0 spiro atoms. The number of nitrogens with one attached hydrogen (secondary N) is 1. The Hall–Kier alpha value is -1.55. The van der Waals surface area contributed by atoms with Crippen LogP contribution in [0.1, 0.15) is 24.8 Å². The molecule has 1 atom stereocenters. The van der Waals surface area contributed by atoms with Gasteiger partial charge in [0.25, 0.3) is 0 Å². The lowest BCUT2D eigenvalue weighted by molar-refractivity contribution is -0.139. The van der Waals surface area contributed by atoms with Gasteiger partial charge in [-0.15, -0.1) is 0 Å². The summed E-state index contributed by atoms with van der Waals surface area (Å²) in [6.07, 6.45) is 3.68. The molecule has 1 aromatic rings. The number of esters is 1. The zero-order valence-corrected chi connectivity index (χ0v) is 11.4. The maximum atomic E-state index is 11.4. The number of hydrogen-bond acceptors (Lipinski definition) is 4. The van der Waals surface area contributed by atoms with Crippen LogP contribution in [0.15, 0.2) is 24.3 Å². The van der Waals surface area contributed by atoms with Crippen molar-refractivity contribution in [3.8, 4) is 5.75 Å². The number of benzene rings is 1. The lowest BCUT2D eigenvalue weighted by atomic mass is 10.1. The molecule has 19 heavy (non-hydrogen) atoms. The normalized spacial score (nSPS) is 19.5. The van der Waals surface area contributed by atoms with Gasteiger partial charge in [0.1, 0.15) is 5.75 Å². The number of para-hydroxylation sites is 1. The van der Waals surface area contributed by atoms with Crippen LogP contribution in [0.5, 0.6) is 5.75 Å². The molecule has 0 bridgehead atoms. The molecule has 1 unspecified atom stereocenters. The second-order valence-corrected chi connectivity index (χ2v) is 4.78. The van der Waals surface area contributed by atoms with Crippen molar-refractivity contribution in [3.05, 3.63) is 29.8 Å². The van der Waals surface area contributed by atoms with E-state index in [1.165, 1.54) is 7.11 Å². The second-order valence-electron chi connectivity index (χ2n) is 4.78. The standard InChI is InChI=1S/C15H21NO3/c1-18-15(17)11-12-5-2-3-7-14(12)19-13-6-4-9-16-10-8-13/h2-3,5,7,13,16H,4,6,8-11H2,1H3. The van der Waals surface area contributed by atoms with Crippen LogP contribution >= 0.6 is 0 Å². The smallest absolute Gasteiger partial charge is 0.310 e.